The van der Waals surface area contributed by atoms with Gasteiger partial charge in [0.2, 0.25) is 5.60 Å². The van der Waals surface area contributed by atoms with Crippen LogP contribution in [-0.4, -0.2) is 76.9 Å². The second kappa shape index (κ2) is 26.5. The molecule has 0 radical (unpaired) electrons. The number of unbranched alkanes of at least 4 members (excludes halogenated alkanes) is 14. The fraction of sp³-hybridized carbons (Fsp3) is 0.600. The van der Waals surface area contributed by atoms with E-state index in [0.29, 0.717) is 29.8 Å². The monoisotopic (exact) mass is 1030 g/mol. The summed E-state index contributed by atoms with van der Waals surface area (Å²) in [5.74, 6) is -1.58. The van der Waals surface area contributed by atoms with Crippen LogP contribution in [0.3, 0.4) is 0 Å². The molecule has 6 rings (SSSR count). The number of nitrogens with two attached hydrogens (primary N) is 1. The third kappa shape index (κ3) is 16.8. The van der Waals surface area contributed by atoms with Crippen LogP contribution in [0.25, 0.3) is 5.52 Å². The van der Waals surface area contributed by atoms with E-state index >= 15 is 0 Å². The molecule has 0 aliphatic carbocycles. The Balaban J connectivity index is 1.03. The third-order valence-electron chi connectivity index (χ3n) is 12.2. The maximum Gasteiger partial charge on any atom is 0.530 e. The maximum absolute atomic E-state index is 14.9. The quantitative estimate of drug-likeness (QED) is 0.0284. The van der Waals surface area contributed by atoms with Crippen LogP contribution >= 0.6 is 19.4 Å². The van der Waals surface area contributed by atoms with Crippen LogP contribution in [0.15, 0.2) is 60.9 Å². The van der Waals surface area contributed by atoms with E-state index in [-0.39, 0.29) is 41.8 Å². The molecule has 2 saturated heterocycles. The Bertz CT molecular complexity index is 2450. The number of para-hydroxylation sites is 1. The average Bonchev–Trinajstić information content (AvgIpc) is 4.00. The molecule has 2 aliphatic rings. The fourth-order valence-electron chi connectivity index (χ4n) is 8.67. The highest BCUT2D eigenvalue weighted by Gasteiger charge is 2.65. The first-order chi connectivity index (χ1) is 34.0. The van der Waals surface area contributed by atoms with Gasteiger partial charge in [-0.2, -0.15) is 28.8 Å². The van der Waals surface area contributed by atoms with E-state index in [1.54, 1.807) is 38.1 Å². The standard InChI is InChI=1S/C50H64ClF4N6O9P/c1-48(2)67-45-44(41-22-23-42-47(58)59-35-60-61(41)42)68-49(33-57,46(45)69-48)34-66-71(62,70-43-21-17-16-20-40(43)51)65-32-39(64-30-37-26-36(29-56)27-38(52)28-37)31-63-25-19-15-13-11-9-7-5-3-4-6-8-10-12-14-18-24-50(53,54)55/h16-17,20-23,26-28,35,39,44-46H,3-15,18-19,24-25,30-32,34H2,1-2H3,(H2,58,59,60)/t39-,44+,45+,46+,49-,71?/m1/s1. The minimum Gasteiger partial charge on any atom is -0.402 e. The summed E-state index contributed by atoms with van der Waals surface area (Å²) in [6.07, 6.45) is 7.36. The third-order valence-corrected chi connectivity index (χ3v) is 13.9. The highest BCUT2D eigenvalue weighted by atomic mass is 35.5. The number of phosphoric ester groups is 1. The van der Waals surface area contributed by atoms with E-state index < -0.39 is 75.3 Å². The first kappa shape index (κ1) is 55.9. The fourth-order valence-corrected chi connectivity index (χ4v) is 10.2. The molecule has 15 nitrogen and oxygen atoms in total. The summed E-state index contributed by atoms with van der Waals surface area (Å²) in [5.41, 5.74) is 5.66. The Morgan fingerprint density at radius 1 is 0.873 bits per heavy atom. The van der Waals surface area contributed by atoms with Crippen LogP contribution in [0.4, 0.5) is 23.4 Å². The summed E-state index contributed by atoms with van der Waals surface area (Å²) >= 11 is 6.45. The van der Waals surface area contributed by atoms with E-state index in [9.17, 15) is 32.7 Å². The summed E-state index contributed by atoms with van der Waals surface area (Å²) in [7, 11) is -4.75. The van der Waals surface area contributed by atoms with E-state index in [1.165, 1.54) is 47.9 Å². The van der Waals surface area contributed by atoms with Crippen molar-refractivity contribution in [3.63, 3.8) is 0 Å². The SMILES string of the molecule is CC1(C)O[C@H]2[C@H](c3ccc4c(N)ncnn34)O[C@](C#N)(COP(=O)(OC[C@@H](COCCCCCCCCCCCCCCCCCC(F)(F)F)OCc3cc(F)cc(C#N)c3)Oc3ccccc3Cl)[C@H]2O1. The molecule has 0 saturated carbocycles. The predicted molar refractivity (Wildman–Crippen MR) is 255 cm³/mol. The second-order valence-corrected chi connectivity index (χ2v) is 20.4. The number of rotatable bonds is 31. The van der Waals surface area contributed by atoms with Gasteiger partial charge in [0.1, 0.15) is 60.5 Å². The highest BCUT2D eigenvalue weighted by Crippen LogP contribution is 2.55. The number of hydrogen-bond acceptors (Lipinski definition) is 14. The van der Waals surface area contributed by atoms with Gasteiger partial charge in [0, 0.05) is 13.0 Å². The zero-order valence-electron chi connectivity index (χ0n) is 40.3. The minimum atomic E-state index is -4.75. The lowest BCUT2D eigenvalue weighted by atomic mass is 9.96. The Labute approximate surface area is 417 Å². The van der Waals surface area contributed by atoms with E-state index in [2.05, 4.69) is 16.2 Å². The zero-order valence-corrected chi connectivity index (χ0v) is 41.9. The highest BCUT2D eigenvalue weighted by molar-refractivity contribution is 7.49. The molecular weight excluding hydrogens is 971 g/mol. The van der Waals surface area contributed by atoms with Crippen LogP contribution in [0, 0.1) is 28.5 Å². The maximum atomic E-state index is 14.9. The second-order valence-electron chi connectivity index (χ2n) is 18.4. The molecule has 4 heterocycles. The number of nitrogen functional groups attached to an aromatic ring is 1. The normalized spacial score (nSPS) is 20.9. The van der Waals surface area contributed by atoms with Crippen LogP contribution in [0.2, 0.25) is 5.02 Å². The molecule has 2 aromatic carbocycles. The lowest BCUT2D eigenvalue weighted by molar-refractivity contribution is -0.204. The zero-order chi connectivity index (χ0) is 50.9. The number of phosphoric acid groups is 1. The van der Waals surface area contributed by atoms with Gasteiger partial charge in [-0.05, 0) is 74.7 Å². The number of benzene rings is 2. The molecule has 388 valence electrons. The summed E-state index contributed by atoms with van der Waals surface area (Å²) in [6, 6.07) is 17.7. The lowest BCUT2D eigenvalue weighted by Crippen LogP contribution is -2.46. The van der Waals surface area contributed by atoms with Gasteiger partial charge in [-0.25, -0.2) is 18.5 Å². The summed E-state index contributed by atoms with van der Waals surface area (Å²) in [4.78, 5) is 4.05. The Kier molecular flexibility index (Phi) is 20.9. The molecule has 2 fully saturated rings. The van der Waals surface area contributed by atoms with Crippen molar-refractivity contribution in [1.29, 1.82) is 10.5 Å². The van der Waals surface area contributed by atoms with Crippen molar-refractivity contribution in [3.05, 3.63) is 88.6 Å². The number of anilines is 1. The van der Waals surface area contributed by atoms with Gasteiger partial charge in [-0.3, -0.25) is 9.05 Å². The van der Waals surface area contributed by atoms with Gasteiger partial charge >= 0.3 is 14.0 Å². The number of hydrogen-bond donors (Lipinski definition) is 1. The largest absolute Gasteiger partial charge is 0.530 e. The number of halogens is 5. The van der Waals surface area contributed by atoms with Crippen LogP contribution in [-0.2, 0) is 43.9 Å². The van der Waals surface area contributed by atoms with Crippen LogP contribution in [0.5, 0.6) is 5.75 Å². The number of nitrogens with zero attached hydrogens (tertiary/aromatic N) is 5. The van der Waals surface area contributed by atoms with Crippen molar-refractivity contribution in [1.82, 2.24) is 14.6 Å². The smallest absolute Gasteiger partial charge is 0.402 e. The number of alkyl halides is 3. The predicted octanol–water partition coefficient (Wildman–Crippen LogP) is 12.5. The molecule has 2 N–H and O–H groups in total. The molecule has 6 atom stereocenters. The van der Waals surface area contributed by atoms with Crippen molar-refractivity contribution in [2.75, 3.05) is 32.2 Å². The molecule has 0 spiro atoms. The molecule has 0 bridgehead atoms. The Morgan fingerprint density at radius 3 is 2.18 bits per heavy atom. The Morgan fingerprint density at radius 2 is 1.54 bits per heavy atom. The molecule has 1 unspecified atom stereocenters. The van der Waals surface area contributed by atoms with Gasteiger partial charge in [0.25, 0.3) is 0 Å². The van der Waals surface area contributed by atoms with Gasteiger partial charge in [-0.15, -0.1) is 0 Å². The van der Waals surface area contributed by atoms with Crippen LogP contribution in [0.1, 0.15) is 140 Å². The molecule has 2 aromatic heterocycles. The van der Waals surface area contributed by atoms with Crippen molar-refractivity contribution in [2.45, 2.75) is 165 Å². The van der Waals surface area contributed by atoms with Crippen LogP contribution < -0.4 is 10.3 Å². The van der Waals surface area contributed by atoms with Gasteiger partial charge in [-0.1, -0.05) is 107 Å². The molecule has 4 aromatic rings. The Hall–Kier alpha value is -4.40. The van der Waals surface area contributed by atoms with Crippen molar-refractivity contribution < 1.29 is 59.4 Å². The van der Waals surface area contributed by atoms with Crippen molar-refractivity contribution >= 4 is 30.8 Å². The summed E-state index contributed by atoms with van der Waals surface area (Å²) in [6.45, 7) is 2.50. The molecule has 0 amide bonds. The molecule has 71 heavy (non-hydrogen) atoms. The van der Waals surface area contributed by atoms with Crippen molar-refractivity contribution in [2.24, 2.45) is 0 Å². The molecule has 21 heteroatoms. The van der Waals surface area contributed by atoms with Gasteiger partial charge in [0.15, 0.2) is 11.6 Å². The first-order valence-electron chi connectivity index (χ1n) is 24.3. The van der Waals surface area contributed by atoms with E-state index in [0.717, 1.165) is 76.7 Å². The molecular formula is C50H64ClF4N6O9P. The van der Waals surface area contributed by atoms with E-state index in [1.807, 2.05) is 6.07 Å². The topological polar surface area (TPSA) is 195 Å². The summed E-state index contributed by atoms with van der Waals surface area (Å²) < 4.78 is 117. The number of ether oxygens (including phenoxy) is 5. The number of fused-ring (bicyclic) bond motifs is 2. The first-order valence-corrected chi connectivity index (χ1v) is 26.2. The summed E-state index contributed by atoms with van der Waals surface area (Å²) in [5, 5.41) is 24.7. The van der Waals surface area contributed by atoms with Crippen molar-refractivity contribution in [3.8, 4) is 17.9 Å². The minimum absolute atomic E-state index is 0.0269. The number of nitriles is 2. The van der Waals surface area contributed by atoms with Gasteiger partial charge < -0.3 is 33.9 Å². The molecule has 2 aliphatic heterocycles. The number of aromatic nitrogens is 3. The average molecular weight is 1040 g/mol. The van der Waals surface area contributed by atoms with Gasteiger partial charge in [0.05, 0.1) is 42.2 Å². The van der Waals surface area contributed by atoms with E-state index in [4.69, 9.17) is 54.6 Å². The lowest BCUT2D eigenvalue weighted by Gasteiger charge is -2.30.